The van der Waals surface area contributed by atoms with Crippen LogP contribution in [-0.2, 0) is 13.6 Å². The Labute approximate surface area is 99.9 Å². The maximum Gasteiger partial charge on any atom is 0.221 e. The maximum absolute atomic E-state index is 5.55. The molecule has 0 spiro atoms. The van der Waals surface area contributed by atoms with Gasteiger partial charge in [-0.3, -0.25) is 4.68 Å². The first-order chi connectivity index (χ1) is 8.08. The summed E-state index contributed by atoms with van der Waals surface area (Å²) in [6, 6.07) is 0. The van der Waals surface area contributed by atoms with Crippen LogP contribution in [0.4, 0.5) is 11.8 Å². The number of nitrogens with two attached hydrogens (primary N) is 1. The Balaban J connectivity index is 2.12. The second-order valence-corrected chi connectivity index (χ2v) is 3.99. The second-order valence-electron chi connectivity index (χ2n) is 3.99. The number of hydrogen-bond donors (Lipinski definition) is 2. The summed E-state index contributed by atoms with van der Waals surface area (Å²) >= 11 is 0. The van der Waals surface area contributed by atoms with Crippen molar-refractivity contribution in [3.8, 4) is 0 Å². The fraction of sp³-hybridized carbons (Fsp3) is 0.364. The van der Waals surface area contributed by atoms with Gasteiger partial charge in [-0.15, -0.1) is 0 Å². The smallest absolute Gasteiger partial charge is 0.221 e. The molecule has 0 aliphatic rings. The van der Waals surface area contributed by atoms with Crippen LogP contribution in [0.25, 0.3) is 0 Å². The number of nitrogens with one attached hydrogen (secondary N) is 1. The van der Waals surface area contributed by atoms with Crippen LogP contribution in [0.15, 0.2) is 12.4 Å². The zero-order valence-electron chi connectivity index (χ0n) is 10.2. The highest BCUT2D eigenvalue weighted by atomic mass is 15.3. The van der Waals surface area contributed by atoms with Gasteiger partial charge in [-0.1, -0.05) is 0 Å². The van der Waals surface area contributed by atoms with Crippen LogP contribution in [0.5, 0.6) is 0 Å². The molecule has 0 fully saturated rings. The molecule has 6 nitrogen and oxygen atoms in total. The number of rotatable bonds is 3. The van der Waals surface area contributed by atoms with E-state index in [-0.39, 0.29) is 5.95 Å². The molecule has 0 amide bonds. The molecule has 0 radical (unpaired) electrons. The summed E-state index contributed by atoms with van der Waals surface area (Å²) in [5.74, 6) is 1.04. The van der Waals surface area contributed by atoms with Crippen LogP contribution in [0, 0.1) is 13.8 Å². The van der Waals surface area contributed by atoms with Gasteiger partial charge in [0, 0.05) is 36.6 Å². The first kappa shape index (κ1) is 11.4. The average molecular weight is 232 g/mol. The molecule has 2 aromatic rings. The number of aryl methyl sites for hydroxylation is 2. The molecule has 2 heterocycles. The third-order valence-corrected chi connectivity index (χ3v) is 2.77. The molecule has 0 saturated carbocycles. The third-order valence-electron chi connectivity index (χ3n) is 2.77. The Morgan fingerprint density at radius 3 is 2.76 bits per heavy atom. The van der Waals surface area contributed by atoms with E-state index in [1.54, 1.807) is 6.20 Å². The average Bonchev–Trinajstić information content (AvgIpc) is 2.62. The van der Waals surface area contributed by atoms with E-state index in [4.69, 9.17) is 5.73 Å². The molecule has 2 aromatic heterocycles. The Morgan fingerprint density at radius 2 is 2.12 bits per heavy atom. The van der Waals surface area contributed by atoms with Crippen molar-refractivity contribution in [3.05, 3.63) is 29.2 Å². The molecule has 2 rings (SSSR count). The van der Waals surface area contributed by atoms with Crippen molar-refractivity contribution in [2.45, 2.75) is 20.4 Å². The minimum Gasteiger partial charge on any atom is -0.368 e. The Kier molecular flexibility index (Phi) is 2.95. The fourth-order valence-electron chi connectivity index (χ4n) is 1.53. The fourth-order valence-corrected chi connectivity index (χ4v) is 1.53. The van der Waals surface area contributed by atoms with Gasteiger partial charge < -0.3 is 11.1 Å². The summed E-state index contributed by atoms with van der Waals surface area (Å²) in [6.45, 7) is 4.65. The monoisotopic (exact) mass is 232 g/mol. The Morgan fingerprint density at radius 1 is 1.35 bits per heavy atom. The summed E-state index contributed by atoms with van der Waals surface area (Å²) in [5.41, 5.74) is 8.80. The van der Waals surface area contributed by atoms with Crippen LogP contribution in [-0.4, -0.2) is 19.7 Å². The van der Waals surface area contributed by atoms with Gasteiger partial charge in [0.1, 0.15) is 5.82 Å². The first-order valence-corrected chi connectivity index (χ1v) is 5.38. The first-order valence-electron chi connectivity index (χ1n) is 5.38. The highest BCUT2D eigenvalue weighted by Crippen LogP contribution is 2.13. The zero-order chi connectivity index (χ0) is 12.4. The van der Waals surface area contributed by atoms with E-state index < -0.39 is 0 Å². The number of nitrogens with zero attached hydrogens (tertiary/aromatic N) is 4. The van der Waals surface area contributed by atoms with Gasteiger partial charge in [0.25, 0.3) is 0 Å². The van der Waals surface area contributed by atoms with Gasteiger partial charge >= 0.3 is 0 Å². The lowest BCUT2D eigenvalue weighted by Gasteiger charge is -2.08. The highest BCUT2D eigenvalue weighted by molar-refractivity contribution is 5.45. The van der Waals surface area contributed by atoms with Gasteiger partial charge in [-0.05, 0) is 13.8 Å². The number of aromatic nitrogens is 4. The topological polar surface area (TPSA) is 81.7 Å². The quantitative estimate of drug-likeness (QED) is 0.825. The van der Waals surface area contributed by atoms with Gasteiger partial charge in [0.05, 0.1) is 6.20 Å². The summed E-state index contributed by atoms with van der Waals surface area (Å²) in [5, 5.41) is 7.43. The minimum absolute atomic E-state index is 0.279. The van der Waals surface area contributed by atoms with Gasteiger partial charge in [-0.2, -0.15) is 10.1 Å². The molecule has 0 aliphatic heterocycles. The predicted molar refractivity (Wildman–Crippen MR) is 66.5 cm³/mol. The van der Waals surface area contributed by atoms with Gasteiger partial charge in [-0.25, -0.2) is 4.98 Å². The lowest BCUT2D eigenvalue weighted by molar-refractivity contribution is 0.738. The van der Waals surface area contributed by atoms with Crippen molar-refractivity contribution < 1.29 is 0 Å². The van der Waals surface area contributed by atoms with Crippen LogP contribution in [0.2, 0.25) is 0 Å². The molecular weight excluding hydrogens is 216 g/mol. The van der Waals surface area contributed by atoms with E-state index in [2.05, 4.69) is 20.4 Å². The molecule has 0 aliphatic carbocycles. The Hall–Kier alpha value is -2.11. The molecule has 0 bridgehead atoms. The van der Waals surface area contributed by atoms with Crippen molar-refractivity contribution in [1.29, 1.82) is 0 Å². The number of nitrogen functional groups attached to an aromatic ring is 1. The molecule has 17 heavy (non-hydrogen) atoms. The van der Waals surface area contributed by atoms with Crippen LogP contribution < -0.4 is 11.1 Å². The van der Waals surface area contributed by atoms with Crippen LogP contribution in [0.3, 0.4) is 0 Å². The van der Waals surface area contributed by atoms with E-state index in [0.29, 0.717) is 6.54 Å². The third kappa shape index (κ3) is 2.35. The second kappa shape index (κ2) is 4.40. The predicted octanol–water partition coefficient (Wildman–Crippen LogP) is 1.02. The van der Waals surface area contributed by atoms with Gasteiger partial charge in [0.15, 0.2) is 0 Å². The van der Waals surface area contributed by atoms with Crippen molar-refractivity contribution in [2.24, 2.45) is 7.05 Å². The van der Waals surface area contributed by atoms with E-state index >= 15 is 0 Å². The summed E-state index contributed by atoms with van der Waals surface area (Å²) in [7, 11) is 1.92. The van der Waals surface area contributed by atoms with Crippen molar-refractivity contribution in [3.63, 3.8) is 0 Å². The summed E-state index contributed by atoms with van der Waals surface area (Å²) in [4.78, 5) is 8.08. The molecule has 90 valence electrons. The Bertz CT molecular complexity index is 531. The minimum atomic E-state index is 0.279. The molecule has 0 atom stereocenters. The summed E-state index contributed by atoms with van der Waals surface area (Å²) < 4.78 is 1.85. The van der Waals surface area contributed by atoms with E-state index in [9.17, 15) is 0 Å². The van der Waals surface area contributed by atoms with E-state index in [1.807, 2.05) is 31.8 Å². The van der Waals surface area contributed by atoms with E-state index in [1.165, 1.54) is 0 Å². The van der Waals surface area contributed by atoms with Crippen molar-refractivity contribution >= 4 is 11.8 Å². The molecule has 6 heteroatoms. The lowest BCUT2D eigenvalue weighted by Crippen LogP contribution is -2.06. The molecule has 3 N–H and O–H groups in total. The molecule has 0 unspecified atom stereocenters. The standard InChI is InChI=1S/C11H16N6/c1-7-4-14-11(12)16-10(7)13-5-9-6-15-17(3)8(9)2/h4,6H,5H2,1-3H3,(H3,12,13,14,16). The number of anilines is 2. The lowest BCUT2D eigenvalue weighted by atomic mass is 10.2. The zero-order valence-corrected chi connectivity index (χ0v) is 10.2. The van der Waals surface area contributed by atoms with Crippen LogP contribution >= 0.6 is 0 Å². The molecule has 0 saturated heterocycles. The van der Waals surface area contributed by atoms with Gasteiger partial charge in [0.2, 0.25) is 5.95 Å². The van der Waals surface area contributed by atoms with Crippen molar-refractivity contribution in [1.82, 2.24) is 19.7 Å². The largest absolute Gasteiger partial charge is 0.368 e. The van der Waals surface area contributed by atoms with E-state index in [0.717, 1.165) is 22.6 Å². The van der Waals surface area contributed by atoms with Crippen LogP contribution in [0.1, 0.15) is 16.8 Å². The molecule has 0 aromatic carbocycles. The van der Waals surface area contributed by atoms with Crippen molar-refractivity contribution in [2.75, 3.05) is 11.1 Å². The maximum atomic E-state index is 5.55. The SMILES string of the molecule is Cc1cnc(N)nc1NCc1cnn(C)c1C. The summed E-state index contributed by atoms with van der Waals surface area (Å²) in [6.07, 6.45) is 3.56. The highest BCUT2D eigenvalue weighted by Gasteiger charge is 2.05. The molecular formula is C11H16N6. The normalized spacial score (nSPS) is 10.5. The number of hydrogen-bond acceptors (Lipinski definition) is 5.